The minimum Gasteiger partial charge on any atom is -0.207 e. The van der Waals surface area contributed by atoms with Crippen molar-refractivity contribution in [2.45, 2.75) is 70.6 Å². The summed E-state index contributed by atoms with van der Waals surface area (Å²) in [7, 11) is 0. The monoisotopic (exact) mass is 432 g/mol. The van der Waals surface area contributed by atoms with Gasteiger partial charge in [0.15, 0.2) is 0 Å². The summed E-state index contributed by atoms with van der Waals surface area (Å²) < 4.78 is 28.7. The number of benzene rings is 3. The maximum atomic E-state index is 14.3. The molecule has 0 amide bonds. The molecule has 0 aliphatic heterocycles. The Hall–Kier alpha value is -2.48. The van der Waals surface area contributed by atoms with Crippen molar-refractivity contribution < 1.29 is 8.78 Å². The number of hydrogen-bond acceptors (Lipinski definition) is 0. The van der Waals surface area contributed by atoms with E-state index in [4.69, 9.17) is 0 Å². The molecule has 2 heteroatoms. The Labute approximate surface area is 191 Å². The molecule has 4 rings (SSSR count). The Kier molecular flexibility index (Phi) is 7.40. The molecule has 0 radical (unpaired) electrons. The van der Waals surface area contributed by atoms with Crippen LogP contribution in [0.5, 0.6) is 0 Å². The summed E-state index contributed by atoms with van der Waals surface area (Å²) in [6.45, 7) is 4.28. The zero-order valence-corrected chi connectivity index (χ0v) is 19.3. The average Bonchev–Trinajstić information content (AvgIpc) is 2.82. The van der Waals surface area contributed by atoms with E-state index in [-0.39, 0.29) is 5.56 Å². The first-order valence-electron chi connectivity index (χ1n) is 12.2. The highest BCUT2D eigenvalue weighted by molar-refractivity contribution is 5.64. The van der Waals surface area contributed by atoms with Crippen molar-refractivity contribution in [2.24, 2.45) is 5.92 Å². The molecule has 1 unspecified atom stereocenters. The van der Waals surface area contributed by atoms with Crippen LogP contribution in [-0.4, -0.2) is 0 Å². The second-order valence-electron chi connectivity index (χ2n) is 9.56. The first-order chi connectivity index (χ1) is 15.5. The quantitative estimate of drug-likeness (QED) is 0.349. The van der Waals surface area contributed by atoms with Crippen molar-refractivity contribution in [3.05, 3.63) is 95.1 Å². The SMILES string of the molecule is CCCc1c(F)cc(-c2ccc(C3CCC(CC(C)c4ccccc4)CC3)cc2)cc1F. The van der Waals surface area contributed by atoms with Gasteiger partial charge in [0, 0.05) is 5.56 Å². The average molecular weight is 433 g/mol. The minimum atomic E-state index is -0.436. The Morgan fingerprint density at radius 3 is 2.03 bits per heavy atom. The van der Waals surface area contributed by atoms with Gasteiger partial charge in [-0.05, 0) is 90.7 Å². The summed E-state index contributed by atoms with van der Waals surface area (Å²) in [5.74, 6) is 1.13. The van der Waals surface area contributed by atoms with Crippen molar-refractivity contribution in [1.82, 2.24) is 0 Å². The van der Waals surface area contributed by atoms with Gasteiger partial charge in [0.05, 0.1) is 0 Å². The molecule has 0 N–H and O–H groups in total. The van der Waals surface area contributed by atoms with E-state index in [2.05, 4.69) is 49.4 Å². The second kappa shape index (κ2) is 10.4. The van der Waals surface area contributed by atoms with Gasteiger partial charge in [-0.2, -0.15) is 0 Å². The molecule has 3 aromatic rings. The molecule has 3 aromatic carbocycles. The molecule has 1 fully saturated rings. The third-order valence-corrected chi connectivity index (χ3v) is 7.26. The molecule has 0 saturated heterocycles. The van der Waals surface area contributed by atoms with Gasteiger partial charge in [-0.15, -0.1) is 0 Å². The van der Waals surface area contributed by atoms with Gasteiger partial charge in [-0.1, -0.05) is 74.9 Å². The summed E-state index contributed by atoms with van der Waals surface area (Å²) in [5.41, 5.74) is 4.49. The van der Waals surface area contributed by atoms with Crippen LogP contribution in [0.2, 0.25) is 0 Å². The normalized spacial score (nSPS) is 19.6. The molecule has 0 aromatic heterocycles. The third kappa shape index (κ3) is 5.28. The summed E-state index contributed by atoms with van der Waals surface area (Å²) >= 11 is 0. The van der Waals surface area contributed by atoms with Gasteiger partial charge >= 0.3 is 0 Å². The summed E-state index contributed by atoms with van der Waals surface area (Å²) in [6, 6.07) is 22.1. The molecule has 32 heavy (non-hydrogen) atoms. The lowest BCUT2D eigenvalue weighted by atomic mass is 9.75. The van der Waals surface area contributed by atoms with E-state index in [0.29, 0.717) is 23.8 Å². The van der Waals surface area contributed by atoms with E-state index in [0.717, 1.165) is 17.9 Å². The first-order valence-corrected chi connectivity index (χ1v) is 12.2. The zero-order chi connectivity index (χ0) is 22.5. The van der Waals surface area contributed by atoms with Gasteiger partial charge in [-0.25, -0.2) is 8.78 Å². The van der Waals surface area contributed by atoms with Crippen LogP contribution < -0.4 is 0 Å². The van der Waals surface area contributed by atoms with Crippen LogP contribution >= 0.6 is 0 Å². The molecule has 1 aliphatic carbocycles. The van der Waals surface area contributed by atoms with Crippen LogP contribution in [0.3, 0.4) is 0 Å². The van der Waals surface area contributed by atoms with Gasteiger partial charge in [0.2, 0.25) is 0 Å². The smallest absolute Gasteiger partial charge is 0.129 e. The van der Waals surface area contributed by atoms with E-state index in [9.17, 15) is 8.78 Å². The fourth-order valence-electron chi connectivity index (χ4n) is 5.36. The number of halogens is 2. The lowest BCUT2D eigenvalue weighted by Gasteiger charge is -2.30. The fraction of sp³-hybridized carbons (Fsp3) is 0.400. The molecule has 0 nitrogen and oxygen atoms in total. The fourth-order valence-corrected chi connectivity index (χ4v) is 5.36. The van der Waals surface area contributed by atoms with Gasteiger partial charge in [0.25, 0.3) is 0 Å². The Balaban J connectivity index is 1.36. The van der Waals surface area contributed by atoms with E-state index < -0.39 is 11.6 Å². The van der Waals surface area contributed by atoms with Gasteiger partial charge in [-0.3, -0.25) is 0 Å². The summed E-state index contributed by atoms with van der Waals surface area (Å²) in [4.78, 5) is 0. The van der Waals surface area contributed by atoms with Crippen LogP contribution in [0, 0.1) is 17.6 Å². The van der Waals surface area contributed by atoms with Gasteiger partial charge < -0.3 is 0 Å². The van der Waals surface area contributed by atoms with Crippen LogP contribution in [0.25, 0.3) is 11.1 Å². The van der Waals surface area contributed by atoms with E-state index in [1.165, 1.54) is 55.4 Å². The zero-order valence-electron chi connectivity index (χ0n) is 19.3. The molecule has 1 saturated carbocycles. The molecular weight excluding hydrogens is 398 g/mol. The minimum absolute atomic E-state index is 0.200. The summed E-state index contributed by atoms with van der Waals surface area (Å²) in [5, 5.41) is 0. The molecule has 0 heterocycles. The maximum absolute atomic E-state index is 14.3. The van der Waals surface area contributed by atoms with Crippen LogP contribution in [-0.2, 0) is 6.42 Å². The topological polar surface area (TPSA) is 0 Å². The van der Waals surface area contributed by atoms with Crippen LogP contribution in [0.15, 0.2) is 66.7 Å². The highest BCUT2D eigenvalue weighted by Gasteiger charge is 2.24. The van der Waals surface area contributed by atoms with Crippen molar-refractivity contribution in [2.75, 3.05) is 0 Å². The Morgan fingerprint density at radius 2 is 1.44 bits per heavy atom. The molecule has 168 valence electrons. The molecule has 0 bridgehead atoms. The summed E-state index contributed by atoms with van der Waals surface area (Å²) in [6.07, 6.45) is 7.43. The largest absolute Gasteiger partial charge is 0.207 e. The Bertz CT molecular complexity index is 976. The molecule has 1 atom stereocenters. The molecule has 0 spiro atoms. The lowest BCUT2D eigenvalue weighted by Crippen LogP contribution is -2.15. The van der Waals surface area contributed by atoms with Gasteiger partial charge in [0.1, 0.15) is 11.6 Å². The predicted molar refractivity (Wildman–Crippen MR) is 130 cm³/mol. The van der Waals surface area contributed by atoms with Crippen molar-refractivity contribution in [1.29, 1.82) is 0 Å². The molecular formula is C30H34F2. The second-order valence-corrected chi connectivity index (χ2v) is 9.56. The van der Waals surface area contributed by atoms with Crippen molar-refractivity contribution in [3.8, 4) is 11.1 Å². The predicted octanol–water partition coefficient (Wildman–Crippen LogP) is 9.05. The Morgan fingerprint density at radius 1 is 0.812 bits per heavy atom. The first kappa shape index (κ1) is 22.7. The highest BCUT2D eigenvalue weighted by Crippen LogP contribution is 2.40. The standard InChI is InChI=1S/C30H34F2/c1-3-7-28-29(31)19-27(20-30(28)32)26-16-14-25(15-17-26)24-12-10-22(11-13-24)18-21(2)23-8-5-4-6-9-23/h4-6,8-9,14-17,19-22,24H,3,7,10-13,18H2,1-2H3. The van der Waals surface area contributed by atoms with Crippen molar-refractivity contribution >= 4 is 0 Å². The van der Waals surface area contributed by atoms with E-state index in [1.54, 1.807) is 0 Å². The highest BCUT2D eigenvalue weighted by atomic mass is 19.1. The molecule has 1 aliphatic rings. The van der Waals surface area contributed by atoms with E-state index >= 15 is 0 Å². The maximum Gasteiger partial charge on any atom is 0.129 e. The van der Waals surface area contributed by atoms with Crippen LogP contribution in [0.1, 0.15) is 80.9 Å². The number of rotatable bonds is 7. The van der Waals surface area contributed by atoms with Crippen LogP contribution in [0.4, 0.5) is 8.78 Å². The van der Waals surface area contributed by atoms with Crippen molar-refractivity contribution in [3.63, 3.8) is 0 Å². The third-order valence-electron chi connectivity index (χ3n) is 7.26. The lowest BCUT2D eigenvalue weighted by molar-refractivity contribution is 0.297. The van der Waals surface area contributed by atoms with E-state index in [1.807, 2.05) is 19.1 Å². The number of hydrogen-bond donors (Lipinski definition) is 0.